The number of halogens is 1. The Kier molecular flexibility index (Phi) is 11.0. The lowest BCUT2D eigenvalue weighted by Crippen LogP contribution is -2.55. The SMILES string of the molecule is CCc1ccccc1N(CC(=O)N(Cc1ccc(Cl)cc1)[C@H](Cc1ccccc1)C(=O)NC1CCCCC1)S(C)(=O)=O. The second kappa shape index (κ2) is 14.7. The molecule has 1 saturated carbocycles. The van der Waals surface area contributed by atoms with Crippen LogP contribution in [0.25, 0.3) is 0 Å². The summed E-state index contributed by atoms with van der Waals surface area (Å²) in [6, 6.07) is 23.1. The fraction of sp³-hybridized carbons (Fsp3) is 0.394. The summed E-state index contributed by atoms with van der Waals surface area (Å²) >= 11 is 6.14. The molecule has 1 aliphatic rings. The van der Waals surface area contributed by atoms with Gasteiger partial charge in [0.25, 0.3) is 0 Å². The maximum Gasteiger partial charge on any atom is 0.244 e. The molecule has 0 aliphatic heterocycles. The van der Waals surface area contributed by atoms with Gasteiger partial charge in [-0.25, -0.2) is 8.42 Å². The standard InChI is InChI=1S/C33H40ClN3O4S/c1-3-27-14-10-11-17-30(27)37(42(2,40)41)24-32(38)36(23-26-18-20-28(34)21-19-26)31(22-25-12-6-4-7-13-25)33(39)35-29-15-8-5-9-16-29/h4,6-7,10-14,17-21,29,31H,3,5,8-9,15-16,22-24H2,1-2H3,(H,35,39)/t31-/m1/s1. The molecule has 3 aromatic carbocycles. The number of nitrogens with zero attached hydrogens (tertiary/aromatic N) is 2. The number of rotatable bonds is 12. The third-order valence-corrected chi connectivity index (χ3v) is 9.19. The van der Waals surface area contributed by atoms with Gasteiger partial charge >= 0.3 is 0 Å². The largest absolute Gasteiger partial charge is 0.352 e. The molecule has 0 heterocycles. The lowest BCUT2D eigenvalue weighted by atomic mass is 9.94. The van der Waals surface area contributed by atoms with E-state index in [1.165, 1.54) is 4.90 Å². The van der Waals surface area contributed by atoms with E-state index >= 15 is 0 Å². The Morgan fingerprint density at radius 2 is 1.55 bits per heavy atom. The Labute approximate surface area is 254 Å². The molecule has 0 spiro atoms. The summed E-state index contributed by atoms with van der Waals surface area (Å²) in [5, 5.41) is 3.78. The third kappa shape index (κ3) is 8.58. The number of sulfonamides is 1. The van der Waals surface area contributed by atoms with E-state index in [0.717, 1.165) is 59.4 Å². The van der Waals surface area contributed by atoms with Crippen LogP contribution in [-0.2, 0) is 39.0 Å². The van der Waals surface area contributed by atoms with Crippen LogP contribution >= 0.6 is 11.6 Å². The summed E-state index contributed by atoms with van der Waals surface area (Å²) < 4.78 is 27.3. The molecular formula is C33H40ClN3O4S. The van der Waals surface area contributed by atoms with Crippen molar-refractivity contribution in [3.05, 3.63) is 101 Å². The molecule has 1 aliphatic carbocycles. The Hall–Kier alpha value is -3.36. The number of hydrogen-bond acceptors (Lipinski definition) is 4. The summed E-state index contributed by atoms with van der Waals surface area (Å²) in [6.45, 7) is 1.64. The van der Waals surface area contributed by atoms with E-state index in [1.54, 1.807) is 24.3 Å². The monoisotopic (exact) mass is 609 g/mol. The Morgan fingerprint density at radius 1 is 0.905 bits per heavy atom. The zero-order valence-electron chi connectivity index (χ0n) is 24.3. The molecule has 1 N–H and O–H groups in total. The van der Waals surface area contributed by atoms with Crippen molar-refractivity contribution in [1.82, 2.24) is 10.2 Å². The van der Waals surface area contributed by atoms with Gasteiger partial charge in [0.2, 0.25) is 21.8 Å². The first-order chi connectivity index (χ1) is 20.2. The van der Waals surface area contributed by atoms with Crippen LogP contribution < -0.4 is 9.62 Å². The van der Waals surface area contributed by atoms with E-state index in [9.17, 15) is 18.0 Å². The smallest absolute Gasteiger partial charge is 0.244 e. The van der Waals surface area contributed by atoms with E-state index in [1.807, 2.05) is 61.5 Å². The second-order valence-corrected chi connectivity index (χ2v) is 13.3. The molecule has 0 radical (unpaired) electrons. The molecule has 4 rings (SSSR count). The Balaban J connectivity index is 1.73. The van der Waals surface area contributed by atoms with Crippen molar-refractivity contribution < 1.29 is 18.0 Å². The van der Waals surface area contributed by atoms with Crippen LogP contribution in [0.1, 0.15) is 55.7 Å². The number of carbonyl (C=O) groups is 2. The predicted molar refractivity (Wildman–Crippen MR) is 169 cm³/mol. The highest BCUT2D eigenvalue weighted by Crippen LogP contribution is 2.25. The number of nitrogens with one attached hydrogen (secondary N) is 1. The Bertz CT molecular complexity index is 1440. The molecule has 3 aromatic rings. The zero-order valence-corrected chi connectivity index (χ0v) is 25.9. The number of benzene rings is 3. The maximum absolute atomic E-state index is 14.3. The molecule has 0 aromatic heterocycles. The van der Waals surface area contributed by atoms with Crippen molar-refractivity contribution in [2.45, 2.75) is 70.5 Å². The molecule has 1 atom stereocenters. The van der Waals surface area contributed by atoms with Crippen LogP contribution in [0.15, 0.2) is 78.9 Å². The molecule has 9 heteroatoms. The summed E-state index contributed by atoms with van der Waals surface area (Å²) in [5.41, 5.74) is 2.98. The fourth-order valence-corrected chi connectivity index (χ4v) is 6.54. The van der Waals surface area contributed by atoms with Crippen LogP contribution in [0.4, 0.5) is 5.69 Å². The number of hydrogen-bond donors (Lipinski definition) is 1. The first-order valence-electron chi connectivity index (χ1n) is 14.6. The van der Waals surface area contributed by atoms with Crippen molar-refractivity contribution in [2.75, 3.05) is 17.1 Å². The van der Waals surface area contributed by atoms with E-state index in [0.29, 0.717) is 23.6 Å². The first kappa shape index (κ1) is 31.6. The quantitative estimate of drug-likeness (QED) is 0.283. The van der Waals surface area contributed by atoms with Gasteiger partial charge in [-0.1, -0.05) is 98.5 Å². The van der Waals surface area contributed by atoms with Gasteiger partial charge in [-0.15, -0.1) is 0 Å². The molecule has 0 saturated heterocycles. The van der Waals surface area contributed by atoms with E-state index in [-0.39, 0.29) is 18.5 Å². The summed E-state index contributed by atoms with van der Waals surface area (Å²) in [5.74, 6) is -0.686. The molecular weight excluding hydrogens is 570 g/mol. The number of para-hydroxylation sites is 1. The zero-order chi connectivity index (χ0) is 30.1. The average Bonchev–Trinajstić information content (AvgIpc) is 2.99. The molecule has 7 nitrogen and oxygen atoms in total. The van der Waals surface area contributed by atoms with Crippen molar-refractivity contribution in [2.24, 2.45) is 0 Å². The lowest BCUT2D eigenvalue weighted by Gasteiger charge is -2.35. The van der Waals surface area contributed by atoms with Gasteiger partial charge in [-0.2, -0.15) is 0 Å². The molecule has 1 fully saturated rings. The van der Waals surface area contributed by atoms with Gasteiger partial charge in [-0.3, -0.25) is 13.9 Å². The molecule has 42 heavy (non-hydrogen) atoms. The maximum atomic E-state index is 14.3. The van der Waals surface area contributed by atoms with Gasteiger partial charge in [0.05, 0.1) is 11.9 Å². The minimum absolute atomic E-state index is 0.0564. The highest BCUT2D eigenvalue weighted by molar-refractivity contribution is 7.92. The van der Waals surface area contributed by atoms with Crippen LogP contribution in [0.5, 0.6) is 0 Å². The summed E-state index contributed by atoms with van der Waals surface area (Å²) in [4.78, 5) is 29.8. The topological polar surface area (TPSA) is 86.8 Å². The van der Waals surface area contributed by atoms with Crippen LogP contribution in [0.2, 0.25) is 5.02 Å². The normalized spacial score (nSPS) is 14.6. The van der Waals surface area contributed by atoms with Gasteiger partial charge in [-0.05, 0) is 54.2 Å². The van der Waals surface area contributed by atoms with E-state index in [2.05, 4.69) is 5.32 Å². The van der Waals surface area contributed by atoms with Gasteiger partial charge < -0.3 is 10.2 Å². The molecule has 224 valence electrons. The average molecular weight is 610 g/mol. The summed E-state index contributed by atoms with van der Waals surface area (Å²) in [6.07, 6.45) is 7.09. The predicted octanol–water partition coefficient (Wildman–Crippen LogP) is 5.76. The first-order valence-corrected chi connectivity index (χ1v) is 16.8. The number of carbonyl (C=O) groups excluding carboxylic acids is 2. The van der Waals surface area contributed by atoms with E-state index in [4.69, 9.17) is 11.6 Å². The Morgan fingerprint density at radius 3 is 2.19 bits per heavy atom. The number of anilines is 1. The van der Waals surface area contributed by atoms with E-state index < -0.39 is 28.5 Å². The second-order valence-electron chi connectivity index (χ2n) is 10.9. The third-order valence-electron chi connectivity index (χ3n) is 7.81. The van der Waals surface area contributed by atoms with Crippen molar-refractivity contribution in [1.29, 1.82) is 0 Å². The highest BCUT2D eigenvalue weighted by Gasteiger charge is 2.34. The van der Waals surface area contributed by atoms with Crippen LogP contribution in [0.3, 0.4) is 0 Å². The number of aryl methyl sites for hydroxylation is 1. The molecule has 2 amide bonds. The summed E-state index contributed by atoms with van der Waals surface area (Å²) in [7, 11) is -3.82. The number of amides is 2. The van der Waals surface area contributed by atoms with Gasteiger partial charge in [0, 0.05) is 24.0 Å². The van der Waals surface area contributed by atoms with Gasteiger partial charge in [0.1, 0.15) is 12.6 Å². The fourth-order valence-electron chi connectivity index (χ4n) is 5.53. The van der Waals surface area contributed by atoms with Crippen LogP contribution in [-0.4, -0.2) is 50.0 Å². The van der Waals surface area contributed by atoms with Gasteiger partial charge in [0.15, 0.2) is 0 Å². The molecule has 0 bridgehead atoms. The molecule has 0 unspecified atom stereocenters. The highest BCUT2D eigenvalue weighted by atomic mass is 35.5. The minimum Gasteiger partial charge on any atom is -0.352 e. The lowest BCUT2D eigenvalue weighted by molar-refractivity contribution is -0.140. The van der Waals surface area contributed by atoms with Crippen molar-refractivity contribution in [3.8, 4) is 0 Å². The van der Waals surface area contributed by atoms with Crippen LogP contribution in [0, 0.1) is 0 Å². The minimum atomic E-state index is -3.82. The van der Waals surface area contributed by atoms with Crippen molar-refractivity contribution in [3.63, 3.8) is 0 Å². The van der Waals surface area contributed by atoms with Crippen molar-refractivity contribution >= 4 is 39.1 Å².